The first-order valence-corrected chi connectivity index (χ1v) is 13.5. The minimum Gasteiger partial charge on any atom is -0.490 e. The van der Waals surface area contributed by atoms with Gasteiger partial charge in [-0.15, -0.1) is 11.3 Å². The first-order valence-electron chi connectivity index (χ1n) is 12.7. The number of fused-ring (bicyclic) bond motifs is 3. The molecule has 0 fully saturated rings. The molecule has 1 atom stereocenters. The van der Waals surface area contributed by atoms with E-state index < -0.39 is 27.4 Å². The predicted octanol–water partition coefficient (Wildman–Crippen LogP) is 5.12. The lowest BCUT2D eigenvalue weighted by Gasteiger charge is -2.28. The number of nitro benzene ring substituents is 2. The molecule has 3 heterocycles. The molecule has 0 radical (unpaired) electrons. The molecule has 2 aromatic carbocycles. The minimum atomic E-state index is -0.761. The number of rotatable bonds is 8. The van der Waals surface area contributed by atoms with Gasteiger partial charge in [0.2, 0.25) is 5.75 Å². The Morgan fingerprint density at radius 3 is 2.54 bits per heavy atom. The highest BCUT2D eigenvalue weighted by molar-refractivity contribution is 7.16. The summed E-state index contributed by atoms with van der Waals surface area (Å²) in [5.41, 5.74) is 1.12. The number of thiophene rings is 1. The molecule has 41 heavy (non-hydrogen) atoms. The Morgan fingerprint density at radius 2 is 1.83 bits per heavy atom. The van der Waals surface area contributed by atoms with Gasteiger partial charge in [0.15, 0.2) is 11.5 Å². The van der Waals surface area contributed by atoms with Crippen molar-refractivity contribution in [1.29, 1.82) is 0 Å². The summed E-state index contributed by atoms with van der Waals surface area (Å²) in [6.07, 6.45) is -0.461. The van der Waals surface area contributed by atoms with Gasteiger partial charge in [0.25, 0.3) is 11.6 Å². The molecule has 2 aliphatic heterocycles. The van der Waals surface area contributed by atoms with Crippen molar-refractivity contribution in [3.63, 3.8) is 0 Å². The van der Waals surface area contributed by atoms with Gasteiger partial charge in [0, 0.05) is 17.5 Å². The molecule has 1 aromatic heterocycles. The average Bonchev–Trinajstić information content (AvgIpc) is 3.32. The molecule has 0 unspecified atom stereocenters. The number of carbonyl (C=O) groups excluding carboxylic acids is 2. The fourth-order valence-electron chi connectivity index (χ4n) is 4.68. The van der Waals surface area contributed by atoms with Crippen LogP contribution in [0, 0.1) is 20.2 Å². The van der Waals surface area contributed by atoms with Crippen LogP contribution < -0.4 is 20.1 Å². The van der Waals surface area contributed by atoms with Crippen LogP contribution in [-0.4, -0.2) is 46.5 Å². The van der Waals surface area contributed by atoms with Crippen molar-refractivity contribution in [2.24, 2.45) is 0 Å². The maximum absolute atomic E-state index is 13.2. The highest BCUT2D eigenvalue weighted by Crippen LogP contribution is 2.43. The van der Waals surface area contributed by atoms with Gasteiger partial charge in [-0.2, -0.15) is 0 Å². The molecule has 15 heteroatoms. The second-order valence-electron chi connectivity index (χ2n) is 9.04. The predicted molar refractivity (Wildman–Crippen MR) is 147 cm³/mol. The van der Waals surface area contributed by atoms with Gasteiger partial charge in [-0.25, -0.2) is 4.79 Å². The zero-order chi connectivity index (χ0) is 29.3. The van der Waals surface area contributed by atoms with Crippen LogP contribution >= 0.6 is 11.3 Å². The molecule has 0 saturated heterocycles. The summed E-state index contributed by atoms with van der Waals surface area (Å²) in [7, 11) is 0. The van der Waals surface area contributed by atoms with Crippen molar-refractivity contribution in [2.75, 3.05) is 25.1 Å². The molecule has 2 amide bonds. The molecule has 2 N–H and O–H groups in total. The second kappa shape index (κ2) is 11.3. The zero-order valence-electron chi connectivity index (χ0n) is 22.0. The monoisotopic (exact) mass is 583 g/mol. The Labute approximate surface area is 237 Å². The van der Waals surface area contributed by atoms with Crippen molar-refractivity contribution in [3.05, 3.63) is 78.2 Å². The van der Waals surface area contributed by atoms with Crippen LogP contribution in [0.2, 0.25) is 0 Å². The van der Waals surface area contributed by atoms with Crippen LogP contribution in [0.1, 0.15) is 46.4 Å². The summed E-state index contributed by atoms with van der Waals surface area (Å²) in [5, 5.41) is 29.6. The van der Waals surface area contributed by atoms with Gasteiger partial charge < -0.3 is 29.7 Å². The number of nitrogens with zero attached hydrogens (tertiary/aromatic N) is 3. The lowest BCUT2D eigenvalue weighted by Crippen LogP contribution is -2.39. The van der Waals surface area contributed by atoms with E-state index in [0.29, 0.717) is 35.6 Å². The number of nitrogens with one attached hydrogen (secondary N) is 2. The third kappa shape index (κ3) is 5.43. The van der Waals surface area contributed by atoms with E-state index in [9.17, 15) is 29.8 Å². The number of non-ortho nitro benzene ring substituents is 1. The summed E-state index contributed by atoms with van der Waals surface area (Å²) in [5.74, 6) is -0.0224. The van der Waals surface area contributed by atoms with E-state index in [1.54, 1.807) is 36.9 Å². The number of hydrogen-bond acceptors (Lipinski definition) is 11. The zero-order valence-corrected chi connectivity index (χ0v) is 22.8. The molecule has 2 aliphatic rings. The van der Waals surface area contributed by atoms with Crippen molar-refractivity contribution in [3.8, 4) is 17.2 Å². The van der Waals surface area contributed by atoms with Gasteiger partial charge in [-0.1, -0.05) is 6.07 Å². The third-order valence-electron chi connectivity index (χ3n) is 6.53. The SMILES string of the molecule is CCOC(=O)N1CCc2c(sc3c2C(=O)N[C@@H](c2ccc(Oc4ccc([N+](=O)[O-])cc4[N+](=O)[O-])c(OCC)c2)N3)C1. The molecule has 0 saturated carbocycles. The van der Waals surface area contributed by atoms with E-state index in [2.05, 4.69) is 10.6 Å². The molecule has 5 rings (SSSR count). The van der Waals surface area contributed by atoms with Crippen LogP contribution in [0.5, 0.6) is 17.2 Å². The fraction of sp³-hybridized carbons (Fsp3) is 0.308. The molecule has 0 aliphatic carbocycles. The quantitative estimate of drug-likeness (QED) is 0.267. The maximum Gasteiger partial charge on any atom is 0.410 e. The summed E-state index contributed by atoms with van der Waals surface area (Å²) < 4.78 is 16.6. The van der Waals surface area contributed by atoms with Crippen LogP contribution in [-0.2, 0) is 17.7 Å². The topological polar surface area (TPSA) is 175 Å². The normalized spacial score (nSPS) is 15.6. The third-order valence-corrected chi connectivity index (χ3v) is 7.68. The Kier molecular flexibility index (Phi) is 7.61. The van der Waals surface area contributed by atoms with Gasteiger partial charge in [0.1, 0.15) is 11.2 Å². The van der Waals surface area contributed by atoms with Gasteiger partial charge in [-0.05, 0) is 49.6 Å². The molecule has 0 bridgehead atoms. The van der Waals surface area contributed by atoms with Crippen molar-refractivity contribution in [1.82, 2.24) is 10.2 Å². The molecular weight excluding hydrogens is 558 g/mol. The summed E-state index contributed by atoms with van der Waals surface area (Å²) in [6.45, 7) is 4.87. The van der Waals surface area contributed by atoms with Crippen LogP contribution in [0.3, 0.4) is 0 Å². The van der Waals surface area contributed by atoms with Crippen LogP contribution in [0.15, 0.2) is 36.4 Å². The minimum absolute atomic E-state index is 0.154. The van der Waals surface area contributed by atoms with Gasteiger partial charge in [0.05, 0.1) is 41.2 Å². The highest BCUT2D eigenvalue weighted by Gasteiger charge is 2.35. The van der Waals surface area contributed by atoms with E-state index in [1.807, 2.05) is 0 Å². The summed E-state index contributed by atoms with van der Waals surface area (Å²) in [6, 6.07) is 7.97. The van der Waals surface area contributed by atoms with E-state index in [1.165, 1.54) is 11.3 Å². The Bertz CT molecular complexity index is 1560. The second-order valence-corrected chi connectivity index (χ2v) is 10.1. The molecule has 14 nitrogen and oxygen atoms in total. The molecular formula is C26H25N5O9S. The van der Waals surface area contributed by atoms with Crippen molar-refractivity contribution < 1.29 is 33.6 Å². The lowest BCUT2D eigenvalue weighted by molar-refractivity contribution is -0.394. The fourth-order valence-corrected chi connectivity index (χ4v) is 5.97. The average molecular weight is 584 g/mol. The number of amides is 2. The van der Waals surface area contributed by atoms with Crippen LogP contribution in [0.25, 0.3) is 0 Å². The maximum atomic E-state index is 13.2. The van der Waals surface area contributed by atoms with Crippen molar-refractivity contribution >= 4 is 39.7 Å². The van der Waals surface area contributed by atoms with Gasteiger partial charge >= 0.3 is 11.8 Å². The smallest absolute Gasteiger partial charge is 0.410 e. The van der Waals surface area contributed by atoms with E-state index >= 15 is 0 Å². The number of anilines is 1. The molecule has 0 spiro atoms. The number of hydrogen-bond donors (Lipinski definition) is 2. The van der Waals surface area contributed by atoms with E-state index in [4.69, 9.17) is 14.2 Å². The van der Waals surface area contributed by atoms with Crippen LogP contribution in [0.4, 0.5) is 21.2 Å². The number of benzene rings is 2. The largest absolute Gasteiger partial charge is 0.490 e. The Morgan fingerprint density at radius 1 is 1.05 bits per heavy atom. The number of nitro groups is 2. The Balaban J connectivity index is 1.40. The molecule has 214 valence electrons. The van der Waals surface area contributed by atoms with E-state index in [-0.39, 0.29) is 42.5 Å². The van der Waals surface area contributed by atoms with Crippen molar-refractivity contribution in [2.45, 2.75) is 33.0 Å². The summed E-state index contributed by atoms with van der Waals surface area (Å²) in [4.78, 5) is 49.1. The number of ether oxygens (including phenoxy) is 3. The molecule has 3 aromatic rings. The first kappa shape index (κ1) is 27.6. The number of carbonyl (C=O) groups is 2. The Hall–Kier alpha value is -4.92. The first-order chi connectivity index (χ1) is 19.7. The van der Waals surface area contributed by atoms with E-state index in [0.717, 1.165) is 28.6 Å². The van der Waals surface area contributed by atoms with Gasteiger partial charge in [-0.3, -0.25) is 25.0 Å². The highest BCUT2D eigenvalue weighted by atomic mass is 32.1. The standard InChI is InChI=1S/C26H25N5O9S/c1-3-38-20-11-14(5-7-19(20)40-18-8-6-15(30(34)35)12-17(18)31(36)37)23-27-24(32)22-16-9-10-29(26(33)39-4-2)13-21(16)41-25(22)28-23/h5-8,11-12,23,28H,3-4,9-10,13H2,1-2H3,(H,27,32)/t23-/m1/s1. The lowest BCUT2D eigenvalue weighted by atomic mass is 10.0. The summed E-state index contributed by atoms with van der Waals surface area (Å²) >= 11 is 1.42.